The summed E-state index contributed by atoms with van der Waals surface area (Å²) in [7, 11) is 4.77. The Hall–Kier alpha value is -2.99. The molecule has 0 bridgehead atoms. The van der Waals surface area contributed by atoms with Crippen molar-refractivity contribution in [3.05, 3.63) is 35.5 Å². The smallest absolute Gasteiger partial charge is 0.257 e. The number of nitrogens with zero attached hydrogens (tertiary/aromatic N) is 3. The van der Waals surface area contributed by atoms with Crippen LogP contribution in [-0.2, 0) is 0 Å². The molecule has 0 aromatic heterocycles. The van der Waals surface area contributed by atoms with Gasteiger partial charge in [0.25, 0.3) is 5.91 Å². The number of hydrogen-bond donors (Lipinski definition) is 1. The maximum Gasteiger partial charge on any atom is 0.257 e. The van der Waals surface area contributed by atoms with E-state index in [2.05, 4.69) is 5.32 Å². The first-order valence-electron chi connectivity index (χ1n) is 5.70. The van der Waals surface area contributed by atoms with Gasteiger partial charge in [-0.3, -0.25) is 4.79 Å². The SMILES string of the molecule is COc1ccc(NC=C(C#N)C#N)cc1C(=O)N(C)C. The minimum Gasteiger partial charge on any atom is -0.496 e. The molecule has 0 spiro atoms. The van der Waals surface area contributed by atoms with Crippen molar-refractivity contribution < 1.29 is 9.53 Å². The molecule has 1 amide bonds. The summed E-state index contributed by atoms with van der Waals surface area (Å²) < 4.78 is 5.14. The number of methoxy groups -OCH3 is 1. The molecular weight excluding hydrogens is 256 g/mol. The molecule has 1 N–H and O–H groups in total. The zero-order chi connectivity index (χ0) is 15.1. The van der Waals surface area contributed by atoms with Crippen LogP contribution in [0.4, 0.5) is 5.69 Å². The Morgan fingerprint density at radius 2 is 2.00 bits per heavy atom. The Morgan fingerprint density at radius 1 is 1.35 bits per heavy atom. The quantitative estimate of drug-likeness (QED) is 0.842. The van der Waals surface area contributed by atoms with E-state index in [-0.39, 0.29) is 11.5 Å². The highest BCUT2D eigenvalue weighted by molar-refractivity contribution is 5.97. The molecule has 0 aliphatic heterocycles. The van der Waals surface area contributed by atoms with Gasteiger partial charge >= 0.3 is 0 Å². The first-order chi connectivity index (χ1) is 9.53. The van der Waals surface area contributed by atoms with Crippen molar-refractivity contribution in [2.24, 2.45) is 0 Å². The minimum absolute atomic E-state index is 0.0543. The summed E-state index contributed by atoms with van der Waals surface area (Å²) in [5.41, 5.74) is 0.923. The zero-order valence-corrected chi connectivity index (χ0v) is 11.5. The summed E-state index contributed by atoms with van der Waals surface area (Å²) >= 11 is 0. The van der Waals surface area contributed by atoms with Crippen LogP contribution in [0.15, 0.2) is 30.0 Å². The molecular formula is C14H14N4O2. The molecule has 0 atom stereocenters. The molecule has 0 aliphatic carbocycles. The molecule has 0 aliphatic rings. The lowest BCUT2D eigenvalue weighted by Crippen LogP contribution is -2.22. The fraction of sp³-hybridized carbons (Fsp3) is 0.214. The fourth-order valence-electron chi connectivity index (χ4n) is 1.45. The van der Waals surface area contributed by atoms with E-state index in [4.69, 9.17) is 15.3 Å². The highest BCUT2D eigenvalue weighted by Gasteiger charge is 2.14. The van der Waals surface area contributed by atoms with Gasteiger partial charge in [0.2, 0.25) is 0 Å². The van der Waals surface area contributed by atoms with Gasteiger partial charge in [-0.15, -0.1) is 0 Å². The third kappa shape index (κ3) is 3.50. The van der Waals surface area contributed by atoms with Gasteiger partial charge in [0, 0.05) is 26.0 Å². The Labute approximate surface area is 117 Å². The molecule has 1 rings (SSSR count). The number of carbonyl (C=O) groups excluding carboxylic acids is 1. The highest BCUT2D eigenvalue weighted by atomic mass is 16.5. The Bertz CT molecular complexity index is 605. The van der Waals surface area contributed by atoms with Crippen molar-refractivity contribution in [1.29, 1.82) is 10.5 Å². The second-order valence-corrected chi connectivity index (χ2v) is 4.04. The number of nitrogens with one attached hydrogen (secondary N) is 1. The van der Waals surface area contributed by atoms with E-state index in [1.54, 1.807) is 44.4 Å². The first kappa shape index (κ1) is 15.1. The summed E-state index contributed by atoms with van der Waals surface area (Å²) in [4.78, 5) is 13.5. The van der Waals surface area contributed by atoms with Crippen molar-refractivity contribution in [1.82, 2.24) is 4.90 Å². The summed E-state index contributed by atoms with van der Waals surface area (Å²) in [6, 6.07) is 8.41. The number of rotatable bonds is 4. The van der Waals surface area contributed by atoms with Crippen LogP contribution < -0.4 is 10.1 Å². The zero-order valence-electron chi connectivity index (χ0n) is 11.5. The van der Waals surface area contributed by atoms with Crippen molar-refractivity contribution in [3.8, 4) is 17.9 Å². The number of benzene rings is 1. The third-order valence-corrected chi connectivity index (χ3v) is 2.46. The largest absolute Gasteiger partial charge is 0.496 e. The monoisotopic (exact) mass is 270 g/mol. The minimum atomic E-state index is -0.199. The molecule has 0 heterocycles. The number of carbonyl (C=O) groups is 1. The average Bonchev–Trinajstić information content (AvgIpc) is 2.47. The van der Waals surface area contributed by atoms with Gasteiger partial charge in [-0.25, -0.2) is 0 Å². The van der Waals surface area contributed by atoms with E-state index >= 15 is 0 Å². The predicted molar refractivity (Wildman–Crippen MR) is 73.9 cm³/mol. The van der Waals surface area contributed by atoms with Crippen LogP contribution in [0.25, 0.3) is 0 Å². The van der Waals surface area contributed by atoms with Crippen LogP contribution in [0.3, 0.4) is 0 Å². The van der Waals surface area contributed by atoms with E-state index < -0.39 is 0 Å². The Kier molecular flexibility index (Phi) is 5.13. The van der Waals surface area contributed by atoms with Gasteiger partial charge in [0.05, 0.1) is 12.7 Å². The van der Waals surface area contributed by atoms with Gasteiger partial charge in [-0.1, -0.05) is 0 Å². The van der Waals surface area contributed by atoms with Crippen LogP contribution in [0.1, 0.15) is 10.4 Å². The van der Waals surface area contributed by atoms with Gasteiger partial charge in [0.15, 0.2) is 0 Å². The maximum absolute atomic E-state index is 12.0. The topological polar surface area (TPSA) is 89.1 Å². The molecule has 0 unspecified atom stereocenters. The van der Waals surface area contributed by atoms with Crippen LogP contribution in [0.5, 0.6) is 5.75 Å². The Morgan fingerprint density at radius 3 is 2.50 bits per heavy atom. The maximum atomic E-state index is 12.0. The molecule has 20 heavy (non-hydrogen) atoms. The summed E-state index contributed by atoms with van der Waals surface area (Å²) in [5.74, 6) is 0.259. The van der Waals surface area contributed by atoms with E-state index in [1.807, 2.05) is 0 Å². The molecule has 0 saturated carbocycles. The van der Waals surface area contributed by atoms with E-state index in [0.29, 0.717) is 17.0 Å². The second-order valence-electron chi connectivity index (χ2n) is 4.04. The summed E-state index contributed by atoms with van der Waals surface area (Å²) in [6.07, 6.45) is 1.28. The van der Waals surface area contributed by atoms with E-state index in [9.17, 15) is 4.79 Å². The lowest BCUT2D eigenvalue weighted by atomic mass is 10.1. The lowest BCUT2D eigenvalue weighted by Gasteiger charge is -2.14. The molecule has 102 valence electrons. The average molecular weight is 270 g/mol. The van der Waals surface area contributed by atoms with Crippen molar-refractivity contribution >= 4 is 11.6 Å². The number of anilines is 1. The molecule has 0 radical (unpaired) electrons. The molecule has 6 heteroatoms. The Balaban J connectivity index is 3.12. The van der Waals surface area contributed by atoms with Crippen LogP contribution in [0, 0.1) is 22.7 Å². The van der Waals surface area contributed by atoms with Crippen molar-refractivity contribution in [3.63, 3.8) is 0 Å². The van der Waals surface area contributed by atoms with E-state index in [0.717, 1.165) is 0 Å². The van der Waals surface area contributed by atoms with Crippen LogP contribution >= 0.6 is 0 Å². The van der Waals surface area contributed by atoms with Gasteiger partial charge in [-0.2, -0.15) is 10.5 Å². The number of hydrogen-bond acceptors (Lipinski definition) is 5. The first-order valence-corrected chi connectivity index (χ1v) is 5.70. The summed E-state index contributed by atoms with van der Waals surface area (Å²) in [5, 5.41) is 20.1. The van der Waals surface area contributed by atoms with Crippen LogP contribution in [-0.4, -0.2) is 32.0 Å². The van der Waals surface area contributed by atoms with Gasteiger partial charge in [-0.05, 0) is 18.2 Å². The molecule has 1 aromatic carbocycles. The highest BCUT2D eigenvalue weighted by Crippen LogP contribution is 2.23. The van der Waals surface area contributed by atoms with Gasteiger partial charge in [0.1, 0.15) is 23.5 Å². The standard InChI is InChI=1S/C14H14N4O2/c1-18(2)14(19)12-6-11(4-5-13(12)20-3)17-9-10(7-15)8-16/h4-6,9,17H,1-3H3. The van der Waals surface area contributed by atoms with Gasteiger partial charge < -0.3 is 15.0 Å². The number of ether oxygens (including phenoxy) is 1. The molecule has 6 nitrogen and oxygen atoms in total. The van der Waals surface area contributed by atoms with Crippen molar-refractivity contribution in [2.45, 2.75) is 0 Å². The molecule has 0 saturated heterocycles. The third-order valence-electron chi connectivity index (χ3n) is 2.46. The fourth-order valence-corrected chi connectivity index (χ4v) is 1.45. The summed E-state index contributed by atoms with van der Waals surface area (Å²) in [6.45, 7) is 0. The molecule has 1 aromatic rings. The predicted octanol–water partition coefficient (Wildman–Crippen LogP) is 1.74. The number of nitriles is 2. The van der Waals surface area contributed by atoms with Crippen LogP contribution in [0.2, 0.25) is 0 Å². The second kappa shape index (κ2) is 6.81. The normalized spacial score (nSPS) is 8.85. The lowest BCUT2D eigenvalue weighted by molar-refractivity contribution is 0.0824. The number of amides is 1. The van der Waals surface area contributed by atoms with Crippen molar-refractivity contribution in [2.75, 3.05) is 26.5 Å². The molecule has 0 fully saturated rings. The number of allylic oxidation sites excluding steroid dienone is 1. The van der Waals surface area contributed by atoms with E-state index in [1.165, 1.54) is 18.2 Å².